The van der Waals surface area contributed by atoms with Crippen LogP contribution in [-0.2, 0) is 9.53 Å². The molecule has 110 valence electrons. The molecule has 2 saturated heterocycles. The van der Waals surface area contributed by atoms with Gasteiger partial charge in [0.25, 0.3) is 0 Å². The molecule has 2 unspecified atom stereocenters. The number of piperidine rings is 1. The molecular weight excluding hydrogens is 240 g/mol. The van der Waals surface area contributed by atoms with Crippen LogP contribution in [0.4, 0.5) is 0 Å². The van der Waals surface area contributed by atoms with E-state index in [0.29, 0.717) is 25.1 Å². The van der Waals surface area contributed by atoms with Gasteiger partial charge >= 0.3 is 0 Å². The molecule has 0 aliphatic carbocycles. The van der Waals surface area contributed by atoms with Crippen LogP contribution in [0.15, 0.2) is 0 Å². The zero-order valence-electron chi connectivity index (χ0n) is 12.2. The molecule has 2 atom stereocenters. The molecule has 2 fully saturated rings. The molecule has 0 aromatic carbocycles. The normalized spacial score (nSPS) is 27.7. The molecule has 0 spiro atoms. The fraction of sp³-hybridized carbons (Fsp3) is 0.933. The molecule has 2 aliphatic rings. The van der Waals surface area contributed by atoms with Gasteiger partial charge in [-0.1, -0.05) is 6.92 Å². The Bertz CT molecular complexity index is 277. The second kappa shape index (κ2) is 7.85. The standard InChI is InChI=1S/C15H28N2O2/c1-2-11-19-12-8-15(18)17-10-4-3-7-14(17)13-6-5-9-16-13/h13-14,16H,2-12H2,1H3. The van der Waals surface area contributed by atoms with Gasteiger partial charge in [-0.15, -0.1) is 0 Å². The van der Waals surface area contributed by atoms with Crippen molar-refractivity contribution < 1.29 is 9.53 Å². The predicted molar refractivity (Wildman–Crippen MR) is 76.1 cm³/mol. The number of amides is 1. The van der Waals surface area contributed by atoms with Crippen molar-refractivity contribution in [2.75, 3.05) is 26.3 Å². The fourth-order valence-electron chi connectivity index (χ4n) is 3.27. The number of nitrogens with zero attached hydrogens (tertiary/aromatic N) is 1. The highest BCUT2D eigenvalue weighted by Crippen LogP contribution is 2.24. The smallest absolute Gasteiger partial charge is 0.225 e. The average Bonchev–Trinajstić information content (AvgIpc) is 2.97. The molecule has 4 heteroatoms. The minimum Gasteiger partial charge on any atom is -0.381 e. The summed E-state index contributed by atoms with van der Waals surface area (Å²) in [6, 6.07) is 0.954. The van der Waals surface area contributed by atoms with Gasteiger partial charge in [0.05, 0.1) is 13.0 Å². The first-order valence-corrected chi connectivity index (χ1v) is 7.93. The molecule has 0 radical (unpaired) electrons. The zero-order chi connectivity index (χ0) is 13.5. The van der Waals surface area contributed by atoms with E-state index in [9.17, 15) is 4.79 Å². The summed E-state index contributed by atoms with van der Waals surface area (Å²) < 4.78 is 5.44. The van der Waals surface area contributed by atoms with Gasteiger partial charge in [0.1, 0.15) is 0 Å². The number of carbonyl (C=O) groups is 1. The Hall–Kier alpha value is -0.610. The summed E-state index contributed by atoms with van der Waals surface area (Å²) in [5.41, 5.74) is 0. The van der Waals surface area contributed by atoms with Gasteiger partial charge < -0.3 is 15.0 Å². The summed E-state index contributed by atoms with van der Waals surface area (Å²) in [6.07, 6.45) is 7.63. The third-order valence-electron chi connectivity index (χ3n) is 4.24. The molecule has 2 heterocycles. The lowest BCUT2D eigenvalue weighted by Crippen LogP contribution is -2.52. The molecule has 0 aromatic heterocycles. The quantitative estimate of drug-likeness (QED) is 0.749. The first-order chi connectivity index (χ1) is 9.33. The summed E-state index contributed by atoms with van der Waals surface area (Å²) in [6.45, 7) is 5.49. The third kappa shape index (κ3) is 4.18. The van der Waals surface area contributed by atoms with Gasteiger partial charge in [-0.25, -0.2) is 0 Å². The number of rotatable bonds is 6. The third-order valence-corrected chi connectivity index (χ3v) is 4.24. The zero-order valence-corrected chi connectivity index (χ0v) is 12.2. The van der Waals surface area contributed by atoms with Crippen LogP contribution in [0.5, 0.6) is 0 Å². The molecular formula is C15H28N2O2. The first kappa shape index (κ1) is 14.8. The van der Waals surface area contributed by atoms with Crippen molar-refractivity contribution in [2.45, 2.75) is 64.0 Å². The summed E-state index contributed by atoms with van der Waals surface area (Å²) in [5.74, 6) is 0.287. The number of hydrogen-bond acceptors (Lipinski definition) is 3. The van der Waals surface area contributed by atoms with Crippen molar-refractivity contribution in [3.8, 4) is 0 Å². The van der Waals surface area contributed by atoms with Gasteiger partial charge in [-0.2, -0.15) is 0 Å². The molecule has 1 N–H and O–H groups in total. The molecule has 0 saturated carbocycles. The van der Waals surface area contributed by atoms with Crippen molar-refractivity contribution in [1.29, 1.82) is 0 Å². The highest BCUT2D eigenvalue weighted by molar-refractivity contribution is 5.76. The van der Waals surface area contributed by atoms with E-state index in [1.165, 1.54) is 25.7 Å². The highest BCUT2D eigenvalue weighted by Gasteiger charge is 2.33. The van der Waals surface area contributed by atoms with Crippen molar-refractivity contribution in [3.05, 3.63) is 0 Å². The molecule has 19 heavy (non-hydrogen) atoms. The Morgan fingerprint density at radius 2 is 2.16 bits per heavy atom. The maximum absolute atomic E-state index is 12.3. The predicted octanol–water partition coefficient (Wildman–Crippen LogP) is 1.94. The van der Waals surface area contributed by atoms with Gasteiger partial charge in [0.2, 0.25) is 5.91 Å². The molecule has 0 aromatic rings. The number of carbonyl (C=O) groups excluding carboxylic acids is 1. The summed E-state index contributed by atoms with van der Waals surface area (Å²) in [7, 11) is 0. The van der Waals surface area contributed by atoms with Gasteiger partial charge in [-0.3, -0.25) is 4.79 Å². The Kier molecular flexibility index (Phi) is 6.11. The largest absolute Gasteiger partial charge is 0.381 e. The van der Waals surface area contributed by atoms with Crippen LogP contribution < -0.4 is 5.32 Å². The van der Waals surface area contributed by atoms with Crippen LogP contribution in [0.3, 0.4) is 0 Å². The second-order valence-electron chi connectivity index (χ2n) is 5.72. The van der Waals surface area contributed by atoms with Crippen LogP contribution in [0.2, 0.25) is 0 Å². The lowest BCUT2D eigenvalue weighted by Gasteiger charge is -2.39. The van der Waals surface area contributed by atoms with Crippen molar-refractivity contribution in [1.82, 2.24) is 10.2 Å². The van der Waals surface area contributed by atoms with Crippen LogP contribution in [0.25, 0.3) is 0 Å². The van der Waals surface area contributed by atoms with Crippen molar-refractivity contribution in [3.63, 3.8) is 0 Å². The maximum Gasteiger partial charge on any atom is 0.225 e. The molecule has 4 nitrogen and oxygen atoms in total. The van der Waals surface area contributed by atoms with Crippen molar-refractivity contribution in [2.24, 2.45) is 0 Å². The first-order valence-electron chi connectivity index (χ1n) is 7.93. The summed E-state index contributed by atoms with van der Waals surface area (Å²) in [5, 5.41) is 3.56. The maximum atomic E-state index is 12.3. The Morgan fingerprint density at radius 3 is 2.89 bits per heavy atom. The number of nitrogens with one attached hydrogen (secondary N) is 1. The molecule has 1 amide bonds. The second-order valence-corrected chi connectivity index (χ2v) is 5.72. The molecule has 2 rings (SSSR count). The fourth-order valence-corrected chi connectivity index (χ4v) is 3.27. The van der Waals surface area contributed by atoms with E-state index in [4.69, 9.17) is 4.74 Å². The minimum absolute atomic E-state index is 0.287. The van der Waals surface area contributed by atoms with Gasteiger partial charge in [0, 0.05) is 25.2 Å². The lowest BCUT2D eigenvalue weighted by atomic mass is 9.94. The molecule has 2 aliphatic heterocycles. The lowest BCUT2D eigenvalue weighted by molar-refractivity contribution is -0.136. The number of likely N-dealkylation sites (tertiary alicyclic amines) is 1. The average molecular weight is 268 g/mol. The van der Waals surface area contributed by atoms with Crippen LogP contribution in [0.1, 0.15) is 51.9 Å². The van der Waals surface area contributed by atoms with E-state index in [0.717, 1.165) is 32.5 Å². The SMILES string of the molecule is CCCOCCC(=O)N1CCCCC1C1CCCN1. The number of ether oxygens (including phenoxy) is 1. The van der Waals surface area contributed by atoms with E-state index >= 15 is 0 Å². The van der Waals surface area contributed by atoms with Crippen molar-refractivity contribution >= 4 is 5.91 Å². The summed E-state index contributed by atoms with van der Waals surface area (Å²) >= 11 is 0. The number of hydrogen-bond donors (Lipinski definition) is 1. The topological polar surface area (TPSA) is 41.6 Å². The summed E-state index contributed by atoms with van der Waals surface area (Å²) in [4.78, 5) is 14.5. The van der Waals surface area contributed by atoms with E-state index < -0.39 is 0 Å². The van der Waals surface area contributed by atoms with Gasteiger partial charge in [-0.05, 0) is 45.1 Å². The van der Waals surface area contributed by atoms with E-state index in [1.807, 2.05) is 0 Å². The van der Waals surface area contributed by atoms with Crippen LogP contribution in [-0.4, -0.2) is 49.2 Å². The van der Waals surface area contributed by atoms with E-state index in [2.05, 4.69) is 17.1 Å². The Morgan fingerprint density at radius 1 is 1.26 bits per heavy atom. The van der Waals surface area contributed by atoms with E-state index in [1.54, 1.807) is 0 Å². The van der Waals surface area contributed by atoms with E-state index in [-0.39, 0.29) is 5.91 Å². The minimum atomic E-state index is 0.287. The monoisotopic (exact) mass is 268 g/mol. The van der Waals surface area contributed by atoms with Crippen LogP contribution in [0, 0.1) is 0 Å². The van der Waals surface area contributed by atoms with Gasteiger partial charge in [0.15, 0.2) is 0 Å². The molecule has 0 bridgehead atoms. The highest BCUT2D eigenvalue weighted by atomic mass is 16.5. The Balaban J connectivity index is 1.82. The Labute approximate surface area is 116 Å². The van der Waals surface area contributed by atoms with Crippen LogP contribution >= 0.6 is 0 Å².